The molecular weight excluding hydrogens is 232 g/mol. The molecule has 0 aromatic carbocycles. The Bertz CT molecular complexity index is 242. The number of rotatable bonds is 3. The second kappa shape index (κ2) is 12.4. The molecule has 0 fully saturated rings. The van der Waals surface area contributed by atoms with Gasteiger partial charge in [-0.2, -0.15) is 8.42 Å². The van der Waals surface area contributed by atoms with Crippen LogP contribution in [-0.4, -0.2) is 57.7 Å². The van der Waals surface area contributed by atoms with Gasteiger partial charge in [0.15, 0.2) is 0 Å². The zero-order valence-electron chi connectivity index (χ0n) is 10.9. The molecule has 0 aliphatic carbocycles. The van der Waals surface area contributed by atoms with E-state index in [1.807, 2.05) is 32.8 Å². The van der Waals surface area contributed by atoms with E-state index < -0.39 is 10.1 Å². The van der Waals surface area contributed by atoms with Crippen molar-refractivity contribution in [2.75, 3.05) is 33.9 Å². The molecule has 100 valence electrons. The number of carbonyl (C=O) groups is 1. The van der Waals surface area contributed by atoms with Gasteiger partial charge in [0.2, 0.25) is 5.91 Å². The van der Waals surface area contributed by atoms with Gasteiger partial charge >= 0.3 is 0 Å². The van der Waals surface area contributed by atoms with Crippen molar-refractivity contribution in [3.63, 3.8) is 0 Å². The summed E-state index contributed by atoms with van der Waals surface area (Å²) in [5.74, 6) is 0.101. The zero-order valence-corrected chi connectivity index (χ0v) is 11.8. The molecule has 0 radical (unpaired) electrons. The predicted molar refractivity (Wildman–Crippen MR) is 66.1 cm³/mol. The minimum absolute atomic E-state index is 0.101. The van der Waals surface area contributed by atoms with Crippen LogP contribution in [0, 0.1) is 0 Å². The van der Waals surface area contributed by atoms with Crippen LogP contribution in [0.2, 0.25) is 0 Å². The van der Waals surface area contributed by atoms with Crippen LogP contribution in [0.1, 0.15) is 20.3 Å². The van der Waals surface area contributed by atoms with Crippen molar-refractivity contribution in [2.45, 2.75) is 20.3 Å². The molecule has 0 rings (SSSR count). The topological polar surface area (TPSA) is 86.7 Å². The number of nitrogens with zero attached hydrogens (tertiary/aromatic N) is 1. The van der Waals surface area contributed by atoms with Crippen molar-refractivity contribution < 1.29 is 17.8 Å². The second-order valence-corrected chi connectivity index (χ2v) is 4.43. The van der Waals surface area contributed by atoms with Gasteiger partial charge < -0.3 is 10.2 Å². The fourth-order valence-electron chi connectivity index (χ4n) is 0.450. The molecule has 0 unspecified atom stereocenters. The third-order valence-electron chi connectivity index (χ3n) is 1.06. The Kier molecular flexibility index (Phi) is 16.1. The molecule has 0 aromatic heterocycles. The third kappa shape index (κ3) is 50.5. The van der Waals surface area contributed by atoms with Crippen LogP contribution in [0.25, 0.3) is 0 Å². The van der Waals surface area contributed by atoms with Crippen LogP contribution in [-0.2, 0) is 14.9 Å². The smallest absolute Gasteiger partial charge is 0.261 e. The Hall–Kier alpha value is -0.660. The predicted octanol–water partition coefficient (Wildman–Crippen LogP) is 0.214. The lowest BCUT2D eigenvalue weighted by Crippen LogP contribution is -2.23. The first-order valence-corrected chi connectivity index (χ1v) is 6.79. The van der Waals surface area contributed by atoms with Crippen LogP contribution in [0.4, 0.5) is 0 Å². The van der Waals surface area contributed by atoms with Crippen LogP contribution >= 0.6 is 0 Å². The summed E-state index contributed by atoms with van der Waals surface area (Å²) in [5.41, 5.74) is 0. The molecule has 2 N–H and O–H groups in total. The van der Waals surface area contributed by atoms with Gasteiger partial charge in [-0.05, 0) is 14.1 Å². The Morgan fingerprint density at radius 3 is 1.81 bits per heavy atom. The van der Waals surface area contributed by atoms with Gasteiger partial charge in [0, 0.05) is 20.0 Å². The van der Waals surface area contributed by atoms with Crippen molar-refractivity contribution >= 4 is 16.0 Å². The molecule has 0 heterocycles. The molecule has 1 amide bonds. The van der Waals surface area contributed by atoms with Crippen molar-refractivity contribution in [3.8, 4) is 0 Å². The van der Waals surface area contributed by atoms with E-state index in [-0.39, 0.29) is 5.91 Å². The molecule has 0 atom stereocenters. The first-order valence-electron chi connectivity index (χ1n) is 4.94. The third-order valence-corrected chi connectivity index (χ3v) is 1.06. The van der Waals surface area contributed by atoms with E-state index in [1.54, 1.807) is 7.05 Å². The normalized spacial score (nSPS) is 9.50. The second-order valence-electron chi connectivity index (χ2n) is 2.96. The highest BCUT2D eigenvalue weighted by molar-refractivity contribution is 7.85. The molecule has 0 aromatic rings. The lowest BCUT2D eigenvalue weighted by atomic mass is 10.4. The standard InChI is InChI=1S/C6H14N2O.C2H6.CH4O3S/c1-7-6(9)4-5-8(2)3;1-2;1-5(2,3)4/h4-5H2,1-3H3,(H,7,9);1-2H3;1H3,(H,2,3,4). The molecule has 6 nitrogen and oxygen atoms in total. The maximum absolute atomic E-state index is 10.6. The Labute approximate surface area is 98.8 Å². The summed E-state index contributed by atoms with van der Waals surface area (Å²) in [7, 11) is 1.88. The van der Waals surface area contributed by atoms with Crippen molar-refractivity contribution in [2.24, 2.45) is 0 Å². The molecule has 0 bridgehead atoms. The van der Waals surface area contributed by atoms with Gasteiger partial charge in [0.1, 0.15) is 0 Å². The lowest BCUT2D eigenvalue weighted by Gasteiger charge is -2.06. The Morgan fingerprint density at radius 1 is 1.31 bits per heavy atom. The van der Waals surface area contributed by atoms with E-state index in [1.165, 1.54) is 0 Å². The minimum Gasteiger partial charge on any atom is -0.359 e. The molecule has 0 saturated heterocycles. The highest BCUT2D eigenvalue weighted by Gasteiger charge is 1.96. The molecule has 0 aliphatic heterocycles. The van der Waals surface area contributed by atoms with E-state index in [9.17, 15) is 13.2 Å². The number of hydrogen-bond donors (Lipinski definition) is 2. The largest absolute Gasteiger partial charge is 0.359 e. The highest BCUT2D eigenvalue weighted by Crippen LogP contribution is 1.80. The Morgan fingerprint density at radius 2 is 1.62 bits per heavy atom. The fourth-order valence-corrected chi connectivity index (χ4v) is 0.450. The van der Waals surface area contributed by atoms with Crippen LogP contribution in [0.15, 0.2) is 0 Å². The summed E-state index contributed by atoms with van der Waals surface area (Å²) in [6.45, 7) is 4.82. The quantitative estimate of drug-likeness (QED) is 0.705. The van der Waals surface area contributed by atoms with Crippen LogP contribution in [0.3, 0.4) is 0 Å². The van der Waals surface area contributed by atoms with Gasteiger partial charge in [0.05, 0.1) is 6.26 Å². The van der Waals surface area contributed by atoms with Gasteiger partial charge in [-0.15, -0.1) is 0 Å². The molecule has 0 spiro atoms. The molecule has 7 heteroatoms. The Balaban J connectivity index is -0.000000205. The average molecular weight is 256 g/mol. The van der Waals surface area contributed by atoms with E-state index in [4.69, 9.17) is 4.55 Å². The van der Waals surface area contributed by atoms with Gasteiger partial charge in [-0.3, -0.25) is 9.35 Å². The van der Waals surface area contributed by atoms with E-state index >= 15 is 0 Å². The summed E-state index contributed by atoms with van der Waals surface area (Å²) in [5, 5.41) is 2.55. The SMILES string of the molecule is CC.CNC(=O)CCN(C)C.CS(=O)(=O)O. The summed E-state index contributed by atoms with van der Waals surface area (Å²) >= 11 is 0. The maximum Gasteiger partial charge on any atom is 0.261 e. The van der Waals surface area contributed by atoms with Crippen molar-refractivity contribution in [1.29, 1.82) is 0 Å². The number of carbonyl (C=O) groups excluding carboxylic acids is 1. The first kappa shape index (κ1) is 20.7. The van der Waals surface area contributed by atoms with Gasteiger partial charge in [0.25, 0.3) is 10.1 Å². The van der Waals surface area contributed by atoms with Gasteiger partial charge in [-0.25, -0.2) is 0 Å². The molecule has 16 heavy (non-hydrogen) atoms. The lowest BCUT2D eigenvalue weighted by molar-refractivity contribution is -0.120. The van der Waals surface area contributed by atoms with Gasteiger partial charge in [-0.1, -0.05) is 13.8 Å². The molecule has 0 aliphatic rings. The van der Waals surface area contributed by atoms with Crippen LogP contribution < -0.4 is 5.32 Å². The summed E-state index contributed by atoms with van der Waals surface area (Å²) in [4.78, 5) is 12.6. The molecular formula is C9H24N2O4S. The summed E-state index contributed by atoms with van der Waals surface area (Å²) in [6, 6.07) is 0. The monoisotopic (exact) mass is 256 g/mol. The first-order chi connectivity index (χ1) is 7.16. The van der Waals surface area contributed by atoms with Crippen LogP contribution in [0.5, 0.6) is 0 Å². The maximum atomic E-state index is 10.6. The molecule has 0 saturated carbocycles. The van der Waals surface area contributed by atoms with E-state index in [0.29, 0.717) is 12.7 Å². The zero-order chi connectivity index (χ0) is 13.8. The number of hydrogen-bond acceptors (Lipinski definition) is 4. The minimum atomic E-state index is -3.67. The fraction of sp³-hybridized carbons (Fsp3) is 0.889. The van der Waals surface area contributed by atoms with E-state index in [0.717, 1.165) is 6.54 Å². The summed E-state index contributed by atoms with van der Waals surface area (Å²) in [6.07, 6.45) is 1.30. The van der Waals surface area contributed by atoms with E-state index in [2.05, 4.69) is 5.32 Å². The highest BCUT2D eigenvalue weighted by atomic mass is 32.2. The number of amides is 1. The average Bonchev–Trinajstić information content (AvgIpc) is 2.14. The van der Waals surface area contributed by atoms with Crippen molar-refractivity contribution in [3.05, 3.63) is 0 Å². The summed E-state index contributed by atoms with van der Waals surface area (Å²) < 4.78 is 25.9. The van der Waals surface area contributed by atoms with Crippen molar-refractivity contribution in [1.82, 2.24) is 10.2 Å². The number of nitrogens with one attached hydrogen (secondary N) is 1.